The van der Waals surface area contributed by atoms with Gasteiger partial charge in [-0.3, -0.25) is 4.79 Å². The van der Waals surface area contributed by atoms with Crippen LogP contribution in [0.25, 0.3) is 0 Å². The summed E-state index contributed by atoms with van der Waals surface area (Å²) in [5, 5.41) is 3.40. The van der Waals surface area contributed by atoms with E-state index in [1.165, 1.54) is 0 Å². The summed E-state index contributed by atoms with van der Waals surface area (Å²) >= 11 is 3.67. The highest BCUT2D eigenvalue weighted by Gasteiger charge is 2.42. The number of allylic oxidation sites excluding steroid dienone is 3. The molecule has 2 aromatic rings. The standard InChI is InChI=1S/C29H32BrNO5/c1-16(2)15-36-29(33)26-17(3)31-22-11-19(18-9-7-6-8-10-18)12-23(32)28(22)27(26)20-13-24(34-4)25(35-5)14-21(20)30/h6-10,13-14,16,19,27,31H,11-12,15H2,1-5H3/t19-,27-/m1/s1. The lowest BCUT2D eigenvalue weighted by molar-refractivity contribution is -0.140. The van der Waals surface area contributed by atoms with Gasteiger partial charge < -0.3 is 19.5 Å². The van der Waals surface area contributed by atoms with Crippen LogP contribution in [0.5, 0.6) is 11.5 Å². The molecule has 6 nitrogen and oxygen atoms in total. The van der Waals surface area contributed by atoms with Gasteiger partial charge in [0.1, 0.15) is 0 Å². The van der Waals surface area contributed by atoms with Crippen molar-refractivity contribution in [2.24, 2.45) is 5.92 Å². The van der Waals surface area contributed by atoms with Crippen LogP contribution < -0.4 is 14.8 Å². The summed E-state index contributed by atoms with van der Waals surface area (Å²) in [7, 11) is 3.14. The third-order valence-corrected chi connectivity index (χ3v) is 7.37. The normalized spacial score (nSPS) is 19.7. The van der Waals surface area contributed by atoms with Gasteiger partial charge in [-0.05, 0) is 48.4 Å². The summed E-state index contributed by atoms with van der Waals surface area (Å²) in [5.74, 6) is 0.335. The Morgan fingerprint density at radius 1 is 1.08 bits per heavy atom. The number of Topliss-reactive ketones (excluding diaryl/α,β-unsaturated/α-hetero) is 1. The van der Waals surface area contributed by atoms with E-state index in [-0.39, 0.29) is 17.6 Å². The number of hydrogen-bond donors (Lipinski definition) is 1. The van der Waals surface area contributed by atoms with Crippen molar-refractivity contribution in [1.29, 1.82) is 0 Å². The van der Waals surface area contributed by atoms with E-state index in [4.69, 9.17) is 14.2 Å². The Balaban J connectivity index is 1.85. The Kier molecular flexibility index (Phi) is 7.88. The van der Waals surface area contributed by atoms with Gasteiger partial charge >= 0.3 is 5.97 Å². The number of hydrogen-bond acceptors (Lipinski definition) is 6. The quantitative estimate of drug-likeness (QED) is 0.422. The van der Waals surface area contributed by atoms with E-state index >= 15 is 0 Å². The molecule has 7 heteroatoms. The fourth-order valence-corrected chi connectivity index (χ4v) is 5.54. The number of halogens is 1. The highest BCUT2D eigenvalue weighted by atomic mass is 79.9. The van der Waals surface area contributed by atoms with Crippen LogP contribution in [-0.4, -0.2) is 32.6 Å². The van der Waals surface area contributed by atoms with Crippen molar-refractivity contribution in [1.82, 2.24) is 5.32 Å². The van der Waals surface area contributed by atoms with Crippen molar-refractivity contribution < 1.29 is 23.8 Å². The molecule has 1 aliphatic heterocycles. The van der Waals surface area contributed by atoms with Gasteiger partial charge in [-0.2, -0.15) is 0 Å². The highest BCUT2D eigenvalue weighted by molar-refractivity contribution is 9.10. The van der Waals surface area contributed by atoms with E-state index in [2.05, 4.69) is 33.4 Å². The van der Waals surface area contributed by atoms with Crippen molar-refractivity contribution in [3.8, 4) is 11.5 Å². The molecule has 0 amide bonds. The van der Waals surface area contributed by atoms with Gasteiger partial charge in [-0.1, -0.05) is 60.1 Å². The number of dihydropyridines is 1. The Morgan fingerprint density at radius 3 is 2.39 bits per heavy atom. The average molecular weight is 554 g/mol. The topological polar surface area (TPSA) is 73.9 Å². The lowest BCUT2D eigenvalue weighted by atomic mass is 9.71. The number of carbonyl (C=O) groups is 2. The fraction of sp³-hybridized carbons (Fsp3) is 0.379. The van der Waals surface area contributed by atoms with Crippen LogP contribution in [0.4, 0.5) is 0 Å². The van der Waals surface area contributed by atoms with Gasteiger partial charge in [0.05, 0.1) is 26.4 Å². The van der Waals surface area contributed by atoms with Gasteiger partial charge in [0.2, 0.25) is 0 Å². The number of carbonyl (C=O) groups excluding carboxylic acids is 2. The minimum atomic E-state index is -0.598. The maximum absolute atomic E-state index is 13.8. The zero-order chi connectivity index (χ0) is 26.0. The molecule has 0 spiro atoms. The summed E-state index contributed by atoms with van der Waals surface area (Å²) in [6.07, 6.45) is 1.05. The largest absolute Gasteiger partial charge is 0.493 e. The lowest BCUT2D eigenvalue weighted by Crippen LogP contribution is -2.36. The van der Waals surface area contributed by atoms with Crippen molar-refractivity contribution in [2.45, 2.75) is 45.4 Å². The van der Waals surface area contributed by atoms with Gasteiger partial charge in [-0.25, -0.2) is 4.79 Å². The van der Waals surface area contributed by atoms with E-state index in [1.807, 2.05) is 51.1 Å². The molecule has 2 aromatic carbocycles. The predicted octanol–water partition coefficient (Wildman–Crippen LogP) is 6.03. The average Bonchev–Trinajstić information content (AvgIpc) is 2.86. The van der Waals surface area contributed by atoms with Crippen LogP contribution in [0.2, 0.25) is 0 Å². The number of benzene rings is 2. The van der Waals surface area contributed by atoms with Crippen molar-refractivity contribution in [3.05, 3.63) is 80.6 Å². The molecule has 190 valence electrons. The zero-order valence-electron chi connectivity index (χ0n) is 21.3. The number of ketones is 1. The second kappa shape index (κ2) is 10.9. The minimum absolute atomic E-state index is 0.0194. The number of nitrogens with one attached hydrogen (secondary N) is 1. The number of methoxy groups -OCH3 is 2. The molecular formula is C29H32BrNO5. The molecule has 0 bridgehead atoms. The lowest BCUT2D eigenvalue weighted by Gasteiger charge is -2.37. The number of rotatable bonds is 7. The molecule has 0 aromatic heterocycles. The maximum atomic E-state index is 13.8. The SMILES string of the molecule is COc1cc(Br)c([C@@H]2C(C(=O)OCC(C)C)=C(C)NC3=C2C(=O)C[C@H](c2ccccc2)C3)cc1OC. The van der Waals surface area contributed by atoms with E-state index in [0.717, 1.165) is 21.3 Å². The molecular weight excluding hydrogens is 522 g/mol. The van der Waals surface area contributed by atoms with Crippen LogP contribution in [0, 0.1) is 5.92 Å². The van der Waals surface area contributed by atoms with Crippen LogP contribution in [-0.2, 0) is 14.3 Å². The molecule has 0 saturated carbocycles. The van der Waals surface area contributed by atoms with Crippen LogP contribution in [0.1, 0.15) is 56.6 Å². The Hall–Kier alpha value is -3.06. The molecule has 0 radical (unpaired) electrons. The van der Waals surface area contributed by atoms with Crippen molar-refractivity contribution in [3.63, 3.8) is 0 Å². The first kappa shape index (κ1) is 26.0. The number of ether oxygens (including phenoxy) is 3. The fourth-order valence-electron chi connectivity index (χ4n) is 4.99. The second-order valence-electron chi connectivity index (χ2n) is 9.65. The van der Waals surface area contributed by atoms with Crippen LogP contribution in [0.15, 0.2) is 69.5 Å². The monoisotopic (exact) mass is 553 g/mol. The Morgan fingerprint density at radius 2 is 1.75 bits per heavy atom. The van der Waals surface area contributed by atoms with Crippen LogP contribution in [0.3, 0.4) is 0 Å². The van der Waals surface area contributed by atoms with Gasteiger partial charge in [-0.15, -0.1) is 0 Å². The summed E-state index contributed by atoms with van der Waals surface area (Å²) in [6.45, 7) is 6.15. The molecule has 1 heterocycles. The zero-order valence-corrected chi connectivity index (χ0v) is 22.9. The highest BCUT2D eigenvalue weighted by Crippen LogP contribution is 2.49. The summed E-state index contributed by atoms with van der Waals surface area (Å²) in [6, 6.07) is 13.7. The van der Waals surface area contributed by atoms with E-state index in [0.29, 0.717) is 47.8 Å². The third kappa shape index (κ3) is 5.07. The van der Waals surface area contributed by atoms with Crippen molar-refractivity contribution >= 4 is 27.7 Å². The molecule has 0 fully saturated rings. The molecule has 0 saturated heterocycles. The summed E-state index contributed by atoms with van der Waals surface area (Å²) in [4.78, 5) is 27.2. The maximum Gasteiger partial charge on any atom is 0.336 e. The molecule has 1 aliphatic carbocycles. The van der Waals surface area contributed by atoms with Crippen LogP contribution >= 0.6 is 15.9 Å². The molecule has 2 aliphatic rings. The van der Waals surface area contributed by atoms with Crippen molar-refractivity contribution in [2.75, 3.05) is 20.8 Å². The number of esters is 1. The smallest absolute Gasteiger partial charge is 0.336 e. The third-order valence-electron chi connectivity index (χ3n) is 6.68. The first-order chi connectivity index (χ1) is 17.2. The Bertz CT molecular complexity index is 1230. The molecule has 36 heavy (non-hydrogen) atoms. The van der Waals surface area contributed by atoms with E-state index in [1.54, 1.807) is 14.2 Å². The molecule has 0 unspecified atom stereocenters. The first-order valence-corrected chi connectivity index (χ1v) is 12.9. The van der Waals surface area contributed by atoms with Gasteiger partial charge in [0.15, 0.2) is 17.3 Å². The Labute approximate surface area is 220 Å². The molecule has 2 atom stereocenters. The second-order valence-corrected chi connectivity index (χ2v) is 10.5. The molecule has 4 rings (SSSR count). The van der Waals surface area contributed by atoms with Gasteiger partial charge in [0, 0.05) is 33.8 Å². The van der Waals surface area contributed by atoms with E-state index in [9.17, 15) is 9.59 Å². The summed E-state index contributed by atoms with van der Waals surface area (Å²) in [5.41, 5.74) is 4.47. The first-order valence-electron chi connectivity index (χ1n) is 12.1. The molecule has 1 N–H and O–H groups in total. The van der Waals surface area contributed by atoms with Gasteiger partial charge in [0.25, 0.3) is 0 Å². The van der Waals surface area contributed by atoms with E-state index < -0.39 is 11.9 Å². The minimum Gasteiger partial charge on any atom is -0.493 e. The summed E-state index contributed by atoms with van der Waals surface area (Å²) < 4.78 is 17.4. The predicted molar refractivity (Wildman–Crippen MR) is 142 cm³/mol.